The fraction of sp³-hybridized carbons (Fsp3) is 0.333. The van der Waals surface area contributed by atoms with Crippen LogP contribution in [-0.2, 0) is 35.5 Å². The minimum absolute atomic E-state index is 0.0307. The molecule has 2 unspecified atom stereocenters. The summed E-state index contributed by atoms with van der Waals surface area (Å²) >= 11 is 30.5. The molecule has 6 nitrogen and oxygen atoms in total. The molecule has 2 amide bonds. The van der Waals surface area contributed by atoms with Crippen molar-refractivity contribution in [2.45, 2.75) is 63.5 Å². The Labute approximate surface area is 286 Å². The van der Waals surface area contributed by atoms with Gasteiger partial charge in [-0.15, -0.1) is 22.7 Å². The predicted molar refractivity (Wildman–Crippen MR) is 180 cm³/mol. The number of nitrogens with zero attached hydrogens (tertiary/aromatic N) is 2. The molecule has 4 aromatic rings. The summed E-state index contributed by atoms with van der Waals surface area (Å²) in [5.41, 5.74) is 5.69. The first kappa shape index (κ1) is 32.7. The maximum Gasteiger partial charge on any atom is 0.228 e. The van der Waals surface area contributed by atoms with Crippen LogP contribution in [0.1, 0.15) is 69.8 Å². The fourth-order valence-corrected chi connectivity index (χ4v) is 8.82. The zero-order valence-corrected chi connectivity index (χ0v) is 29.0. The van der Waals surface area contributed by atoms with Gasteiger partial charge in [-0.2, -0.15) is 0 Å². The summed E-state index contributed by atoms with van der Waals surface area (Å²) in [6.45, 7) is 0.820. The highest BCUT2D eigenvalue weighted by Crippen LogP contribution is 2.38. The number of benzene rings is 2. The number of fused-ring (bicyclic) bond motifs is 2. The summed E-state index contributed by atoms with van der Waals surface area (Å²) in [5.74, 6) is -0.111. The molecule has 2 heterocycles. The van der Waals surface area contributed by atoms with Crippen LogP contribution in [0.15, 0.2) is 45.8 Å². The predicted octanol–water partition coefficient (Wildman–Crippen LogP) is 9.13. The second-order valence-electron chi connectivity index (χ2n) is 10.2. The number of amides is 2. The van der Waals surface area contributed by atoms with Crippen molar-refractivity contribution in [1.82, 2.24) is 20.6 Å². The van der Waals surface area contributed by atoms with Gasteiger partial charge < -0.3 is 10.6 Å². The fourth-order valence-electron chi connectivity index (χ4n) is 5.19. The zero-order valence-electron chi connectivity index (χ0n) is 22.8. The average Bonchev–Trinajstić information content (AvgIpc) is 3.62. The van der Waals surface area contributed by atoms with Crippen LogP contribution in [0.4, 0.5) is 0 Å². The van der Waals surface area contributed by atoms with Crippen molar-refractivity contribution >= 4 is 96.8 Å². The molecule has 2 aromatic carbocycles. The van der Waals surface area contributed by atoms with Crippen molar-refractivity contribution in [3.05, 3.63) is 98.2 Å². The normalized spacial score (nSPS) is 17.2. The van der Waals surface area contributed by atoms with Crippen molar-refractivity contribution in [1.29, 1.82) is 0 Å². The number of carbonyl (C=O) groups is 2. The van der Waals surface area contributed by atoms with E-state index in [0.717, 1.165) is 74.7 Å². The maximum atomic E-state index is 12.5. The van der Waals surface area contributed by atoms with Gasteiger partial charge in [0.2, 0.25) is 11.8 Å². The van der Waals surface area contributed by atoms with Crippen LogP contribution in [0.2, 0.25) is 20.1 Å². The molecule has 2 aliphatic carbocycles. The molecule has 2 aromatic heterocycles. The van der Waals surface area contributed by atoms with Crippen LogP contribution >= 0.6 is 85.0 Å². The molecule has 6 rings (SSSR count). The van der Waals surface area contributed by atoms with E-state index in [4.69, 9.17) is 46.4 Å². The van der Waals surface area contributed by atoms with E-state index in [1.807, 2.05) is 17.6 Å². The van der Waals surface area contributed by atoms with Crippen molar-refractivity contribution < 1.29 is 9.59 Å². The van der Waals surface area contributed by atoms with Crippen molar-refractivity contribution in [3.63, 3.8) is 0 Å². The number of nitrogens with one attached hydrogen (secondary N) is 2. The SMILES string of the molecule is O=C(NCc1ccc(Cl)cc1Cl)C1CCCc2nc(Br)sc21.O=C(NCc1ccc(Cl)cc1Cl)C1CCCc2ncsc21. The van der Waals surface area contributed by atoms with Crippen molar-refractivity contribution in [2.75, 3.05) is 0 Å². The van der Waals surface area contributed by atoms with E-state index in [2.05, 4.69) is 36.5 Å². The van der Waals surface area contributed by atoms with Crippen LogP contribution in [0.5, 0.6) is 0 Å². The Kier molecular flexibility index (Phi) is 11.4. The van der Waals surface area contributed by atoms with Gasteiger partial charge in [0.05, 0.1) is 28.7 Å². The summed E-state index contributed by atoms with van der Waals surface area (Å²) in [7, 11) is 0. The van der Waals surface area contributed by atoms with Gasteiger partial charge in [-0.1, -0.05) is 58.5 Å². The van der Waals surface area contributed by atoms with Crippen LogP contribution in [0.3, 0.4) is 0 Å². The summed E-state index contributed by atoms with van der Waals surface area (Å²) in [4.78, 5) is 35.9. The lowest BCUT2D eigenvalue weighted by Crippen LogP contribution is -2.30. The largest absolute Gasteiger partial charge is 0.351 e. The van der Waals surface area contributed by atoms with Gasteiger partial charge in [0.1, 0.15) is 0 Å². The molecule has 0 saturated carbocycles. The monoisotopic (exact) mass is 758 g/mol. The summed E-state index contributed by atoms with van der Waals surface area (Å²) < 4.78 is 0.845. The van der Waals surface area contributed by atoms with E-state index >= 15 is 0 Å². The molecule has 0 radical (unpaired) electrons. The van der Waals surface area contributed by atoms with E-state index in [1.54, 1.807) is 46.9 Å². The quantitative estimate of drug-likeness (QED) is 0.206. The molecule has 0 bridgehead atoms. The highest BCUT2D eigenvalue weighted by Gasteiger charge is 2.30. The number of hydrogen-bond donors (Lipinski definition) is 2. The molecule has 0 aliphatic heterocycles. The number of halogens is 5. The number of carbonyl (C=O) groups excluding carboxylic acids is 2. The number of hydrogen-bond acceptors (Lipinski definition) is 6. The first-order chi connectivity index (χ1) is 20.7. The Balaban J connectivity index is 0.000000171. The van der Waals surface area contributed by atoms with Gasteiger partial charge in [-0.25, -0.2) is 9.97 Å². The highest BCUT2D eigenvalue weighted by molar-refractivity contribution is 9.11. The third-order valence-electron chi connectivity index (χ3n) is 7.39. The van der Waals surface area contributed by atoms with E-state index in [-0.39, 0.29) is 23.7 Å². The van der Waals surface area contributed by atoms with Crippen molar-refractivity contribution in [2.24, 2.45) is 0 Å². The number of rotatable bonds is 6. The average molecular weight is 761 g/mol. The number of aromatic nitrogens is 2. The number of thiazole rings is 2. The molecule has 2 atom stereocenters. The third-order valence-corrected chi connectivity index (χ3v) is 11.2. The molecule has 2 aliphatic rings. The Morgan fingerprint density at radius 1 is 0.814 bits per heavy atom. The molecule has 43 heavy (non-hydrogen) atoms. The second-order valence-corrected chi connectivity index (χ2v) is 15.1. The minimum Gasteiger partial charge on any atom is -0.351 e. The van der Waals surface area contributed by atoms with E-state index in [9.17, 15) is 9.59 Å². The molecule has 0 fully saturated rings. The number of aryl methyl sites for hydroxylation is 2. The third kappa shape index (κ3) is 8.31. The van der Waals surface area contributed by atoms with Gasteiger partial charge in [-0.05, 0) is 89.8 Å². The van der Waals surface area contributed by atoms with Gasteiger partial charge in [0.15, 0.2) is 3.92 Å². The molecule has 2 N–H and O–H groups in total. The van der Waals surface area contributed by atoms with Crippen LogP contribution in [-0.4, -0.2) is 21.8 Å². The lowest BCUT2D eigenvalue weighted by molar-refractivity contribution is -0.123. The first-order valence-electron chi connectivity index (χ1n) is 13.7. The first-order valence-corrected chi connectivity index (χ1v) is 17.7. The standard InChI is InChI=1S/C15H13BrCl2N2OS.C15H14Cl2N2OS/c16-15-20-12-3-1-2-10(13(12)22-15)14(21)19-7-8-4-5-9(17)6-11(8)18;16-10-5-4-9(12(17)6-10)7-18-15(20)11-2-1-3-13-14(11)21-8-19-13/h4-6,10H,1-3,7H2,(H,19,21);4-6,8,11H,1-3,7H2,(H,18,20). The van der Waals surface area contributed by atoms with E-state index < -0.39 is 0 Å². The Morgan fingerprint density at radius 3 is 1.91 bits per heavy atom. The van der Waals surface area contributed by atoms with E-state index in [0.29, 0.717) is 33.2 Å². The summed E-state index contributed by atoms with van der Waals surface area (Å²) in [6.07, 6.45) is 5.67. The highest BCUT2D eigenvalue weighted by atomic mass is 79.9. The summed E-state index contributed by atoms with van der Waals surface area (Å²) in [5, 5.41) is 8.27. The van der Waals surface area contributed by atoms with Gasteiger partial charge in [0, 0.05) is 42.9 Å². The smallest absolute Gasteiger partial charge is 0.228 e. The van der Waals surface area contributed by atoms with Crippen LogP contribution in [0.25, 0.3) is 0 Å². The molecule has 0 saturated heterocycles. The van der Waals surface area contributed by atoms with Crippen molar-refractivity contribution in [3.8, 4) is 0 Å². The maximum absolute atomic E-state index is 12.5. The second kappa shape index (κ2) is 15.0. The van der Waals surface area contributed by atoms with Gasteiger partial charge in [0.25, 0.3) is 0 Å². The Hall–Kier alpha value is -1.72. The van der Waals surface area contributed by atoms with Crippen LogP contribution < -0.4 is 10.6 Å². The molecular weight excluding hydrogens is 734 g/mol. The van der Waals surface area contributed by atoms with Gasteiger partial charge >= 0.3 is 0 Å². The summed E-state index contributed by atoms with van der Waals surface area (Å²) in [6, 6.07) is 10.6. The molecule has 13 heteroatoms. The lowest BCUT2D eigenvalue weighted by atomic mass is 9.91. The molecule has 226 valence electrons. The van der Waals surface area contributed by atoms with E-state index in [1.165, 1.54) is 0 Å². The molecular formula is C30H27BrCl4N4O2S2. The topological polar surface area (TPSA) is 84.0 Å². The van der Waals surface area contributed by atoms with Crippen LogP contribution in [0, 0.1) is 0 Å². The Bertz CT molecular complexity index is 1630. The Morgan fingerprint density at radius 2 is 1.35 bits per heavy atom. The lowest BCUT2D eigenvalue weighted by Gasteiger charge is -2.20. The minimum atomic E-state index is -0.112. The van der Waals surface area contributed by atoms with Gasteiger partial charge in [-0.3, -0.25) is 9.59 Å². The molecule has 0 spiro atoms. The zero-order chi connectivity index (χ0) is 30.5.